The number of carbonyl (C=O) groups excluding carboxylic acids is 2. The number of hydrogen-bond donors (Lipinski definition) is 0. The quantitative estimate of drug-likeness (QED) is 0.744. The van der Waals surface area contributed by atoms with E-state index in [1.54, 1.807) is 33.8 Å². The molecule has 0 aliphatic carbocycles. The molecular weight excluding hydrogens is 222 g/mol. The Labute approximate surface area is 100 Å². The van der Waals surface area contributed by atoms with Crippen molar-refractivity contribution in [3.8, 4) is 0 Å². The maximum atomic E-state index is 11.8. The minimum Gasteiger partial charge on any atom is -0.461 e. The maximum Gasteiger partial charge on any atom is 0.419 e. The van der Waals surface area contributed by atoms with Gasteiger partial charge in [-0.05, 0) is 39.8 Å². The van der Waals surface area contributed by atoms with Crippen molar-refractivity contribution in [3.63, 3.8) is 0 Å². The number of hydrogen-bond acceptors (Lipinski definition) is 4. The van der Waals surface area contributed by atoms with Gasteiger partial charge in [0, 0.05) is 6.20 Å². The van der Waals surface area contributed by atoms with Gasteiger partial charge in [-0.25, -0.2) is 14.2 Å². The molecular formula is C12H17NO4. The molecule has 1 heterocycles. The lowest BCUT2D eigenvalue weighted by Gasteiger charge is -2.20. The molecule has 94 valence electrons. The number of carbonyl (C=O) groups is 2. The number of rotatable bonds is 2. The Morgan fingerprint density at radius 3 is 2.53 bits per heavy atom. The molecule has 0 aliphatic rings. The first-order chi connectivity index (χ1) is 7.85. The molecule has 5 nitrogen and oxygen atoms in total. The third-order valence-electron chi connectivity index (χ3n) is 1.82. The fourth-order valence-corrected chi connectivity index (χ4v) is 1.22. The van der Waals surface area contributed by atoms with Crippen LogP contribution in [0.3, 0.4) is 0 Å². The van der Waals surface area contributed by atoms with Crippen molar-refractivity contribution in [1.82, 2.24) is 4.57 Å². The van der Waals surface area contributed by atoms with Crippen LogP contribution in [0.1, 0.15) is 38.2 Å². The molecule has 0 aromatic carbocycles. The normalized spacial score (nSPS) is 11.1. The summed E-state index contributed by atoms with van der Waals surface area (Å²) in [5.74, 6) is -0.539. The van der Waals surface area contributed by atoms with E-state index in [-0.39, 0.29) is 12.3 Å². The molecule has 0 amide bonds. The molecule has 17 heavy (non-hydrogen) atoms. The van der Waals surface area contributed by atoms with Gasteiger partial charge in [0.2, 0.25) is 0 Å². The molecule has 0 fully saturated rings. The SMILES string of the molecule is CCOC(=O)c1cccn1C(=O)OC(C)(C)C. The molecule has 0 saturated carbocycles. The van der Waals surface area contributed by atoms with E-state index in [0.29, 0.717) is 0 Å². The average Bonchev–Trinajstić information content (AvgIpc) is 2.63. The Morgan fingerprint density at radius 2 is 2.00 bits per heavy atom. The van der Waals surface area contributed by atoms with Crippen molar-refractivity contribution in [2.75, 3.05) is 6.61 Å². The topological polar surface area (TPSA) is 57.5 Å². The summed E-state index contributed by atoms with van der Waals surface area (Å²) in [5.41, 5.74) is -0.436. The van der Waals surface area contributed by atoms with Crippen molar-refractivity contribution >= 4 is 12.1 Å². The highest BCUT2D eigenvalue weighted by Gasteiger charge is 2.22. The monoisotopic (exact) mass is 239 g/mol. The van der Waals surface area contributed by atoms with Crippen molar-refractivity contribution < 1.29 is 19.1 Å². The Morgan fingerprint density at radius 1 is 1.35 bits per heavy atom. The van der Waals surface area contributed by atoms with Gasteiger partial charge >= 0.3 is 12.1 Å². The molecule has 0 N–H and O–H groups in total. The lowest BCUT2D eigenvalue weighted by molar-refractivity contribution is 0.0449. The fourth-order valence-electron chi connectivity index (χ4n) is 1.22. The molecule has 0 bridgehead atoms. The largest absolute Gasteiger partial charge is 0.461 e. The van der Waals surface area contributed by atoms with Crippen LogP contribution < -0.4 is 0 Å². The number of ether oxygens (including phenoxy) is 2. The first-order valence-corrected chi connectivity index (χ1v) is 5.43. The van der Waals surface area contributed by atoms with Crippen molar-refractivity contribution in [2.45, 2.75) is 33.3 Å². The predicted molar refractivity (Wildman–Crippen MR) is 62.0 cm³/mol. The second-order valence-electron chi connectivity index (χ2n) is 4.46. The summed E-state index contributed by atoms with van der Waals surface area (Å²) < 4.78 is 11.1. The van der Waals surface area contributed by atoms with Gasteiger partial charge in [-0.3, -0.25) is 0 Å². The van der Waals surface area contributed by atoms with E-state index < -0.39 is 17.7 Å². The van der Waals surface area contributed by atoms with Gasteiger partial charge in [-0.2, -0.15) is 0 Å². The van der Waals surface area contributed by atoms with Gasteiger partial charge in [0.15, 0.2) is 0 Å². The van der Waals surface area contributed by atoms with Crippen LogP contribution >= 0.6 is 0 Å². The molecule has 1 rings (SSSR count). The average molecular weight is 239 g/mol. The van der Waals surface area contributed by atoms with Crippen LogP contribution in [0.5, 0.6) is 0 Å². The smallest absolute Gasteiger partial charge is 0.419 e. The zero-order valence-electron chi connectivity index (χ0n) is 10.5. The first kappa shape index (κ1) is 13.3. The van der Waals surface area contributed by atoms with E-state index in [1.807, 2.05) is 0 Å². The van der Waals surface area contributed by atoms with Crippen LogP contribution in [0, 0.1) is 0 Å². The molecule has 1 aromatic rings. The number of esters is 1. The summed E-state index contributed by atoms with van der Waals surface area (Å²) >= 11 is 0. The predicted octanol–water partition coefficient (Wildman–Crippen LogP) is 2.45. The van der Waals surface area contributed by atoms with E-state index >= 15 is 0 Å². The summed E-state index contributed by atoms with van der Waals surface area (Å²) in [4.78, 5) is 23.3. The van der Waals surface area contributed by atoms with Gasteiger partial charge in [-0.1, -0.05) is 0 Å². The minimum absolute atomic E-state index is 0.168. The summed E-state index contributed by atoms with van der Waals surface area (Å²) in [7, 11) is 0. The number of aromatic nitrogens is 1. The molecule has 0 spiro atoms. The summed E-state index contributed by atoms with van der Waals surface area (Å²) in [6.07, 6.45) is 0.880. The zero-order valence-corrected chi connectivity index (χ0v) is 10.5. The van der Waals surface area contributed by atoms with Crippen LogP contribution in [0.4, 0.5) is 4.79 Å². The van der Waals surface area contributed by atoms with Crippen molar-refractivity contribution in [1.29, 1.82) is 0 Å². The van der Waals surface area contributed by atoms with E-state index in [4.69, 9.17) is 9.47 Å². The minimum atomic E-state index is -0.604. The molecule has 0 saturated heterocycles. The molecule has 0 unspecified atom stereocenters. The Bertz CT molecular complexity index is 414. The van der Waals surface area contributed by atoms with E-state index in [1.165, 1.54) is 12.3 Å². The Balaban J connectivity index is 2.89. The second-order valence-corrected chi connectivity index (χ2v) is 4.46. The second kappa shape index (κ2) is 5.03. The van der Waals surface area contributed by atoms with Crippen molar-refractivity contribution in [3.05, 3.63) is 24.0 Å². The molecule has 0 aliphatic heterocycles. The summed E-state index contributed by atoms with van der Waals surface area (Å²) in [6, 6.07) is 3.11. The molecule has 1 aromatic heterocycles. The van der Waals surface area contributed by atoms with E-state index in [2.05, 4.69) is 0 Å². The van der Waals surface area contributed by atoms with Gasteiger partial charge < -0.3 is 9.47 Å². The first-order valence-electron chi connectivity index (χ1n) is 5.43. The van der Waals surface area contributed by atoms with Crippen LogP contribution in [0.2, 0.25) is 0 Å². The third kappa shape index (κ3) is 3.62. The van der Waals surface area contributed by atoms with Gasteiger partial charge in [0.25, 0.3) is 0 Å². The summed E-state index contributed by atoms with van der Waals surface area (Å²) in [6.45, 7) is 7.26. The standard InChI is InChI=1S/C12H17NO4/c1-5-16-10(14)9-7-6-8-13(9)11(15)17-12(2,3)4/h6-8H,5H2,1-4H3. The van der Waals surface area contributed by atoms with Crippen LogP contribution in [-0.2, 0) is 9.47 Å². The highest BCUT2D eigenvalue weighted by atomic mass is 16.6. The van der Waals surface area contributed by atoms with Crippen LogP contribution in [0.25, 0.3) is 0 Å². The molecule has 0 radical (unpaired) electrons. The molecule has 0 atom stereocenters. The van der Waals surface area contributed by atoms with E-state index in [0.717, 1.165) is 4.57 Å². The fraction of sp³-hybridized carbons (Fsp3) is 0.500. The van der Waals surface area contributed by atoms with Gasteiger partial charge in [0.05, 0.1) is 6.61 Å². The van der Waals surface area contributed by atoms with Gasteiger partial charge in [-0.15, -0.1) is 0 Å². The molecule has 5 heteroatoms. The van der Waals surface area contributed by atoms with Crippen LogP contribution in [0.15, 0.2) is 18.3 Å². The highest BCUT2D eigenvalue weighted by molar-refractivity contribution is 5.92. The third-order valence-corrected chi connectivity index (χ3v) is 1.82. The van der Waals surface area contributed by atoms with Gasteiger partial charge in [0.1, 0.15) is 11.3 Å². The van der Waals surface area contributed by atoms with Crippen molar-refractivity contribution in [2.24, 2.45) is 0 Å². The lowest BCUT2D eigenvalue weighted by atomic mass is 10.2. The highest BCUT2D eigenvalue weighted by Crippen LogP contribution is 2.12. The van der Waals surface area contributed by atoms with E-state index in [9.17, 15) is 9.59 Å². The number of nitrogens with zero attached hydrogens (tertiary/aromatic N) is 1. The Hall–Kier alpha value is -1.78. The van der Waals surface area contributed by atoms with Crippen LogP contribution in [-0.4, -0.2) is 28.8 Å². The zero-order chi connectivity index (χ0) is 13.1. The maximum absolute atomic E-state index is 11.8. The summed E-state index contributed by atoms with van der Waals surface area (Å²) in [5, 5.41) is 0. The Kier molecular flexibility index (Phi) is 3.93. The lowest BCUT2D eigenvalue weighted by Crippen LogP contribution is -2.28.